The van der Waals surface area contributed by atoms with E-state index < -0.39 is 0 Å². The van der Waals surface area contributed by atoms with Gasteiger partial charge in [0.2, 0.25) is 0 Å². The summed E-state index contributed by atoms with van der Waals surface area (Å²) in [5.41, 5.74) is 7.77. The molecule has 0 unspecified atom stereocenters. The maximum atomic E-state index is 5.66. The van der Waals surface area contributed by atoms with Crippen molar-refractivity contribution in [3.8, 4) is 0 Å². The lowest BCUT2D eigenvalue weighted by Gasteiger charge is -1.99. The lowest BCUT2D eigenvalue weighted by molar-refractivity contribution is 1.50. The summed E-state index contributed by atoms with van der Waals surface area (Å²) in [7, 11) is 0. The highest BCUT2D eigenvalue weighted by Crippen LogP contribution is 2.18. The highest BCUT2D eigenvalue weighted by atomic mass is 14.5. The fourth-order valence-corrected chi connectivity index (χ4v) is 1.38. The summed E-state index contributed by atoms with van der Waals surface area (Å²) in [5.74, 6) is 0. The number of nitrogen functional groups attached to an aromatic ring is 1. The number of hydrogen-bond acceptors (Lipinski definition) is 1. The molecule has 74 valence electrons. The van der Waals surface area contributed by atoms with Gasteiger partial charge in [-0.05, 0) is 29.8 Å². The minimum Gasteiger partial charge on any atom is -0.399 e. The summed E-state index contributed by atoms with van der Waals surface area (Å²) in [6.45, 7) is 6.09. The van der Waals surface area contributed by atoms with Crippen LogP contribution in [-0.2, 0) is 0 Å². The molecule has 0 amide bonds. The van der Waals surface area contributed by atoms with Gasteiger partial charge in [-0.15, -0.1) is 0 Å². The van der Waals surface area contributed by atoms with Crippen LogP contribution in [-0.4, -0.2) is 0 Å². The van der Waals surface area contributed by atoms with Gasteiger partial charge in [0.25, 0.3) is 0 Å². The molecule has 0 spiro atoms. The Hall–Kier alpha value is -1.50. The van der Waals surface area contributed by atoms with Gasteiger partial charge in [0.1, 0.15) is 0 Å². The highest BCUT2D eigenvalue weighted by Gasteiger charge is 1.93. The summed E-state index contributed by atoms with van der Waals surface area (Å²) in [4.78, 5) is 0. The largest absolute Gasteiger partial charge is 0.399 e. The van der Waals surface area contributed by atoms with Crippen LogP contribution < -0.4 is 5.73 Å². The third-order valence-electron chi connectivity index (χ3n) is 2.02. The first-order chi connectivity index (χ1) is 6.75. The van der Waals surface area contributed by atoms with E-state index in [-0.39, 0.29) is 0 Å². The molecular formula is C13H17N. The Balaban J connectivity index is 0.000000461. The number of fused-ring (bicyclic) bond motifs is 1. The van der Waals surface area contributed by atoms with Crippen LogP contribution in [0.3, 0.4) is 0 Å². The van der Waals surface area contributed by atoms with Crippen molar-refractivity contribution in [1.29, 1.82) is 0 Å². The van der Waals surface area contributed by atoms with Crippen LogP contribution in [0, 0.1) is 6.92 Å². The minimum atomic E-state index is 0.825. The molecule has 2 rings (SSSR count). The van der Waals surface area contributed by atoms with Gasteiger partial charge >= 0.3 is 0 Å². The average Bonchev–Trinajstić information content (AvgIpc) is 2.21. The molecule has 0 aliphatic rings. The van der Waals surface area contributed by atoms with Gasteiger partial charge in [0.15, 0.2) is 0 Å². The van der Waals surface area contributed by atoms with Gasteiger partial charge in [0.05, 0.1) is 0 Å². The van der Waals surface area contributed by atoms with Crippen molar-refractivity contribution in [3.63, 3.8) is 0 Å². The van der Waals surface area contributed by atoms with E-state index >= 15 is 0 Å². The molecule has 0 saturated carbocycles. The van der Waals surface area contributed by atoms with Crippen molar-refractivity contribution in [1.82, 2.24) is 0 Å². The van der Waals surface area contributed by atoms with E-state index in [4.69, 9.17) is 5.73 Å². The van der Waals surface area contributed by atoms with Crippen LogP contribution in [0.5, 0.6) is 0 Å². The first-order valence-corrected chi connectivity index (χ1v) is 5.01. The number of hydrogen-bond donors (Lipinski definition) is 1. The van der Waals surface area contributed by atoms with Gasteiger partial charge in [-0.2, -0.15) is 0 Å². The van der Waals surface area contributed by atoms with E-state index in [2.05, 4.69) is 31.2 Å². The molecule has 0 saturated heterocycles. The Labute approximate surface area is 85.6 Å². The zero-order valence-electron chi connectivity index (χ0n) is 9.04. The lowest BCUT2D eigenvalue weighted by Crippen LogP contribution is -1.83. The van der Waals surface area contributed by atoms with Crippen LogP contribution in [0.2, 0.25) is 0 Å². The van der Waals surface area contributed by atoms with Crippen molar-refractivity contribution in [2.45, 2.75) is 20.8 Å². The number of aryl methyl sites for hydroxylation is 1. The SMILES string of the molecule is CC.Cc1ccc2cc(N)ccc2c1. The third kappa shape index (κ3) is 2.25. The molecule has 0 aliphatic heterocycles. The van der Waals surface area contributed by atoms with Crippen LogP contribution in [0.15, 0.2) is 36.4 Å². The number of rotatable bonds is 0. The van der Waals surface area contributed by atoms with Crippen molar-refractivity contribution in [2.75, 3.05) is 5.73 Å². The predicted molar refractivity (Wildman–Crippen MR) is 64.4 cm³/mol. The molecule has 0 aromatic heterocycles. The summed E-state index contributed by atoms with van der Waals surface area (Å²) < 4.78 is 0. The number of nitrogens with two attached hydrogens (primary N) is 1. The zero-order valence-corrected chi connectivity index (χ0v) is 9.04. The smallest absolute Gasteiger partial charge is 0.0320 e. The maximum absolute atomic E-state index is 5.66. The van der Waals surface area contributed by atoms with Crippen LogP contribution in [0.4, 0.5) is 5.69 Å². The Morgan fingerprint density at radius 1 is 0.857 bits per heavy atom. The van der Waals surface area contributed by atoms with Crippen molar-refractivity contribution < 1.29 is 0 Å². The molecule has 0 fully saturated rings. The fourth-order valence-electron chi connectivity index (χ4n) is 1.38. The molecule has 1 heteroatoms. The molecule has 2 aromatic carbocycles. The second-order valence-electron chi connectivity index (χ2n) is 3.11. The topological polar surface area (TPSA) is 26.0 Å². The van der Waals surface area contributed by atoms with E-state index in [0.717, 1.165) is 5.69 Å². The predicted octanol–water partition coefficient (Wildman–Crippen LogP) is 3.76. The second-order valence-corrected chi connectivity index (χ2v) is 3.11. The lowest BCUT2D eigenvalue weighted by atomic mass is 10.1. The molecule has 1 nitrogen and oxygen atoms in total. The summed E-state index contributed by atoms with van der Waals surface area (Å²) in [6, 6.07) is 12.3. The summed E-state index contributed by atoms with van der Waals surface area (Å²) >= 11 is 0. The van der Waals surface area contributed by atoms with Gasteiger partial charge in [-0.1, -0.05) is 43.7 Å². The Morgan fingerprint density at radius 2 is 1.43 bits per heavy atom. The number of benzene rings is 2. The zero-order chi connectivity index (χ0) is 10.6. The van der Waals surface area contributed by atoms with Gasteiger partial charge < -0.3 is 5.73 Å². The first kappa shape index (κ1) is 10.6. The first-order valence-electron chi connectivity index (χ1n) is 5.01. The average molecular weight is 187 g/mol. The third-order valence-corrected chi connectivity index (χ3v) is 2.02. The molecule has 0 heterocycles. The van der Waals surface area contributed by atoms with Gasteiger partial charge in [-0.3, -0.25) is 0 Å². The molecule has 0 bridgehead atoms. The van der Waals surface area contributed by atoms with Gasteiger partial charge in [-0.25, -0.2) is 0 Å². The van der Waals surface area contributed by atoms with Crippen molar-refractivity contribution in [2.24, 2.45) is 0 Å². The molecule has 0 aliphatic carbocycles. The van der Waals surface area contributed by atoms with Crippen LogP contribution in [0.1, 0.15) is 19.4 Å². The molecular weight excluding hydrogens is 170 g/mol. The summed E-state index contributed by atoms with van der Waals surface area (Å²) in [6.07, 6.45) is 0. The van der Waals surface area contributed by atoms with E-state index in [1.165, 1.54) is 16.3 Å². The Bertz CT molecular complexity index is 377. The van der Waals surface area contributed by atoms with E-state index in [1.807, 2.05) is 26.0 Å². The highest BCUT2D eigenvalue weighted by molar-refractivity contribution is 5.85. The molecule has 2 N–H and O–H groups in total. The van der Waals surface area contributed by atoms with E-state index in [1.54, 1.807) is 0 Å². The molecule has 0 atom stereocenters. The fraction of sp³-hybridized carbons (Fsp3) is 0.231. The van der Waals surface area contributed by atoms with E-state index in [9.17, 15) is 0 Å². The molecule has 14 heavy (non-hydrogen) atoms. The minimum absolute atomic E-state index is 0.825. The van der Waals surface area contributed by atoms with Gasteiger partial charge in [0, 0.05) is 5.69 Å². The quantitative estimate of drug-likeness (QED) is 0.624. The molecule has 0 radical (unpaired) electrons. The van der Waals surface area contributed by atoms with Crippen LogP contribution >= 0.6 is 0 Å². The molecule has 2 aromatic rings. The Morgan fingerprint density at radius 3 is 2.14 bits per heavy atom. The second kappa shape index (κ2) is 4.66. The van der Waals surface area contributed by atoms with Crippen LogP contribution in [0.25, 0.3) is 10.8 Å². The van der Waals surface area contributed by atoms with Crippen molar-refractivity contribution >= 4 is 16.5 Å². The normalized spacial score (nSPS) is 9.36. The standard InChI is InChI=1S/C11H11N.C2H6/c1-8-2-3-10-7-11(12)5-4-9(10)6-8;1-2/h2-7H,12H2,1H3;1-2H3. The van der Waals surface area contributed by atoms with Crippen molar-refractivity contribution in [3.05, 3.63) is 42.0 Å². The summed E-state index contributed by atoms with van der Waals surface area (Å²) in [5, 5.41) is 2.46. The number of anilines is 1. The Kier molecular flexibility index (Phi) is 3.52. The van der Waals surface area contributed by atoms with E-state index in [0.29, 0.717) is 0 Å². The maximum Gasteiger partial charge on any atom is 0.0320 e. The monoisotopic (exact) mass is 187 g/mol.